The number of halogens is 5. The second-order valence-corrected chi connectivity index (χ2v) is 7.45. The Labute approximate surface area is 169 Å². The van der Waals surface area contributed by atoms with Crippen LogP contribution in [0.4, 0.5) is 17.6 Å². The topological polar surface area (TPSA) is 72.1 Å². The van der Waals surface area contributed by atoms with E-state index in [9.17, 15) is 22.4 Å². The lowest BCUT2D eigenvalue weighted by atomic mass is 9.86. The van der Waals surface area contributed by atoms with Crippen molar-refractivity contribution in [1.29, 1.82) is 0 Å². The molecule has 5 nitrogen and oxygen atoms in total. The number of aromatic nitrogens is 2. The maximum absolute atomic E-state index is 13.3. The predicted molar refractivity (Wildman–Crippen MR) is 98.8 cm³/mol. The Balaban J connectivity index is 1.55. The van der Waals surface area contributed by atoms with Crippen molar-refractivity contribution < 1.29 is 22.4 Å². The fourth-order valence-corrected chi connectivity index (χ4v) is 3.61. The van der Waals surface area contributed by atoms with Crippen LogP contribution in [-0.2, 0) is 12.6 Å². The Kier molecular flexibility index (Phi) is 6.38. The molecule has 0 aliphatic carbocycles. The predicted octanol–water partition coefficient (Wildman–Crippen LogP) is 3.71. The van der Waals surface area contributed by atoms with Gasteiger partial charge in [0, 0.05) is 31.5 Å². The van der Waals surface area contributed by atoms with Crippen LogP contribution in [0.3, 0.4) is 0 Å². The highest BCUT2D eigenvalue weighted by molar-refractivity contribution is 6.30. The quantitative estimate of drug-likeness (QED) is 0.750. The van der Waals surface area contributed by atoms with E-state index in [1.807, 2.05) is 0 Å². The average molecular weight is 431 g/mol. The summed E-state index contributed by atoms with van der Waals surface area (Å²) < 4.78 is 50.9. The number of piperidine rings is 1. The first-order valence-electron chi connectivity index (χ1n) is 9.03. The monoisotopic (exact) mass is 430 g/mol. The van der Waals surface area contributed by atoms with E-state index in [0.717, 1.165) is 18.0 Å². The third kappa shape index (κ3) is 5.22. The highest BCUT2D eigenvalue weighted by Gasteiger charge is 2.35. The minimum atomic E-state index is -4.65. The molecule has 2 heterocycles. The van der Waals surface area contributed by atoms with Crippen LogP contribution in [0.1, 0.15) is 34.6 Å². The summed E-state index contributed by atoms with van der Waals surface area (Å²) in [7, 11) is 0. The molecule has 2 aromatic rings. The number of carbonyl (C=O) groups is 1. The van der Waals surface area contributed by atoms with Gasteiger partial charge in [-0.3, -0.25) is 4.79 Å². The van der Waals surface area contributed by atoms with Crippen molar-refractivity contribution >= 4 is 17.5 Å². The van der Waals surface area contributed by atoms with Crippen LogP contribution in [0, 0.1) is 11.7 Å². The van der Waals surface area contributed by atoms with Crippen molar-refractivity contribution in [3.05, 3.63) is 58.4 Å². The molecule has 0 bridgehead atoms. The average Bonchev–Trinajstić information content (AvgIpc) is 2.70. The van der Waals surface area contributed by atoms with Crippen molar-refractivity contribution in [2.45, 2.75) is 31.5 Å². The van der Waals surface area contributed by atoms with Crippen molar-refractivity contribution in [3.8, 4) is 0 Å². The number of alkyl halides is 3. The van der Waals surface area contributed by atoms with Crippen LogP contribution >= 0.6 is 11.6 Å². The van der Waals surface area contributed by atoms with Gasteiger partial charge >= 0.3 is 6.18 Å². The molecule has 29 heavy (non-hydrogen) atoms. The van der Waals surface area contributed by atoms with Gasteiger partial charge in [-0.25, -0.2) is 14.4 Å². The Morgan fingerprint density at radius 1 is 1.24 bits per heavy atom. The standard InChI is InChI=1S/C19H19ClF4N4O/c20-14-7-11(1-2-15(14)21)8-16(25)12-3-5-28(6-4-12)17(29)13-9-26-18(27-10-13)19(22,23)24/h1-2,7,9-10,12,16H,3-6,8,25H2. The Bertz CT molecular complexity index is 868. The number of carbonyl (C=O) groups excluding carboxylic acids is 1. The lowest BCUT2D eigenvalue weighted by Crippen LogP contribution is -2.44. The molecule has 0 spiro atoms. The lowest BCUT2D eigenvalue weighted by Gasteiger charge is -2.34. The Morgan fingerprint density at radius 2 is 1.86 bits per heavy atom. The highest BCUT2D eigenvalue weighted by atomic mass is 35.5. The molecule has 0 saturated carbocycles. The van der Waals surface area contributed by atoms with Gasteiger partial charge in [-0.15, -0.1) is 0 Å². The maximum Gasteiger partial charge on any atom is 0.451 e. The van der Waals surface area contributed by atoms with Crippen molar-refractivity contribution in [1.82, 2.24) is 14.9 Å². The largest absolute Gasteiger partial charge is 0.451 e. The van der Waals surface area contributed by atoms with Gasteiger partial charge in [0.25, 0.3) is 5.91 Å². The summed E-state index contributed by atoms with van der Waals surface area (Å²) in [5, 5.41) is 0.0499. The van der Waals surface area contributed by atoms with E-state index in [2.05, 4.69) is 9.97 Å². The molecule has 3 rings (SSSR count). The van der Waals surface area contributed by atoms with Gasteiger partial charge in [0.1, 0.15) is 5.82 Å². The summed E-state index contributed by atoms with van der Waals surface area (Å²) in [6.07, 6.45) is -1.01. The molecule has 1 amide bonds. The summed E-state index contributed by atoms with van der Waals surface area (Å²) in [5.74, 6) is -2.01. The van der Waals surface area contributed by atoms with Gasteiger partial charge in [0.15, 0.2) is 0 Å². The summed E-state index contributed by atoms with van der Waals surface area (Å²) in [5.41, 5.74) is 7.14. The van der Waals surface area contributed by atoms with E-state index in [-0.39, 0.29) is 22.5 Å². The third-order valence-electron chi connectivity index (χ3n) is 5.04. The minimum absolute atomic E-state index is 0.0155. The number of nitrogens with zero attached hydrogens (tertiary/aromatic N) is 3. The number of benzene rings is 1. The summed E-state index contributed by atoms with van der Waals surface area (Å²) >= 11 is 5.80. The van der Waals surface area contributed by atoms with E-state index < -0.39 is 23.7 Å². The van der Waals surface area contributed by atoms with Gasteiger partial charge in [-0.05, 0) is 42.9 Å². The molecule has 1 aliphatic rings. The van der Waals surface area contributed by atoms with E-state index in [1.54, 1.807) is 17.0 Å². The molecule has 2 N–H and O–H groups in total. The zero-order valence-electron chi connectivity index (χ0n) is 15.3. The number of likely N-dealkylation sites (tertiary alicyclic amines) is 1. The number of nitrogens with two attached hydrogens (primary N) is 1. The highest BCUT2D eigenvalue weighted by Crippen LogP contribution is 2.27. The van der Waals surface area contributed by atoms with Crippen LogP contribution in [0.25, 0.3) is 0 Å². The SMILES string of the molecule is NC(Cc1ccc(F)c(Cl)c1)C1CCN(C(=O)c2cnc(C(F)(F)F)nc2)CC1. The molecule has 1 aromatic carbocycles. The van der Waals surface area contributed by atoms with Crippen LogP contribution < -0.4 is 5.73 Å². The van der Waals surface area contributed by atoms with Gasteiger partial charge in [-0.1, -0.05) is 17.7 Å². The second-order valence-electron chi connectivity index (χ2n) is 7.04. The van der Waals surface area contributed by atoms with Crippen LogP contribution in [-0.4, -0.2) is 39.9 Å². The van der Waals surface area contributed by atoms with Gasteiger partial charge in [0.05, 0.1) is 10.6 Å². The fourth-order valence-electron chi connectivity index (χ4n) is 3.40. The summed E-state index contributed by atoms with van der Waals surface area (Å²) in [6, 6.07) is 4.32. The van der Waals surface area contributed by atoms with E-state index in [0.29, 0.717) is 32.4 Å². The first-order valence-corrected chi connectivity index (χ1v) is 9.41. The van der Waals surface area contributed by atoms with Crippen molar-refractivity contribution in [2.24, 2.45) is 11.7 Å². The minimum Gasteiger partial charge on any atom is -0.339 e. The summed E-state index contributed by atoms with van der Waals surface area (Å²) in [6.45, 7) is 0.866. The normalized spacial score (nSPS) is 16.7. The third-order valence-corrected chi connectivity index (χ3v) is 5.33. The summed E-state index contributed by atoms with van der Waals surface area (Å²) in [4.78, 5) is 20.5. The Hall–Kier alpha value is -2.26. The van der Waals surface area contributed by atoms with Crippen molar-refractivity contribution in [3.63, 3.8) is 0 Å². The van der Waals surface area contributed by atoms with Crippen molar-refractivity contribution in [2.75, 3.05) is 13.1 Å². The first-order chi connectivity index (χ1) is 13.6. The zero-order valence-corrected chi connectivity index (χ0v) is 16.0. The number of rotatable bonds is 4. The molecule has 0 radical (unpaired) electrons. The van der Waals surface area contributed by atoms with E-state index in [4.69, 9.17) is 17.3 Å². The number of amides is 1. The van der Waals surface area contributed by atoms with Gasteiger partial charge in [-0.2, -0.15) is 13.2 Å². The smallest absolute Gasteiger partial charge is 0.339 e. The van der Waals surface area contributed by atoms with Gasteiger partial charge in [0.2, 0.25) is 5.82 Å². The molecule has 1 atom stereocenters. The maximum atomic E-state index is 13.3. The molecular weight excluding hydrogens is 412 g/mol. The van der Waals surface area contributed by atoms with Crippen LogP contribution in [0.5, 0.6) is 0 Å². The lowest BCUT2D eigenvalue weighted by molar-refractivity contribution is -0.145. The number of hydrogen-bond donors (Lipinski definition) is 1. The van der Waals surface area contributed by atoms with E-state index >= 15 is 0 Å². The second kappa shape index (κ2) is 8.62. The number of hydrogen-bond acceptors (Lipinski definition) is 4. The van der Waals surface area contributed by atoms with Gasteiger partial charge < -0.3 is 10.6 Å². The molecule has 10 heteroatoms. The van der Waals surface area contributed by atoms with E-state index in [1.165, 1.54) is 6.07 Å². The fraction of sp³-hybridized carbons (Fsp3) is 0.421. The molecule has 1 saturated heterocycles. The molecule has 1 aliphatic heterocycles. The molecule has 1 unspecified atom stereocenters. The van der Waals surface area contributed by atoms with Crippen LogP contribution in [0.15, 0.2) is 30.6 Å². The zero-order chi connectivity index (χ0) is 21.2. The molecule has 156 valence electrons. The first kappa shape index (κ1) is 21.4. The molecule has 1 aromatic heterocycles. The molecular formula is C19H19ClF4N4O. The van der Waals surface area contributed by atoms with Crippen LogP contribution in [0.2, 0.25) is 5.02 Å². The Morgan fingerprint density at radius 3 is 2.41 bits per heavy atom. The molecule has 1 fully saturated rings.